The van der Waals surface area contributed by atoms with Crippen LogP contribution in [0.1, 0.15) is 24.5 Å². The van der Waals surface area contributed by atoms with Gasteiger partial charge in [0.2, 0.25) is 0 Å². The summed E-state index contributed by atoms with van der Waals surface area (Å²) in [5.74, 6) is 1.49. The average Bonchev–Trinajstić information content (AvgIpc) is 2.73. The number of phenols is 1. The number of aryl methyl sites for hydroxylation is 1. The molecule has 0 aliphatic carbocycles. The maximum Gasteiger partial charge on any atom is 0.161 e. The van der Waals surface area contributed by atoms with Gasteiger partial charge < -0.3 is 20.3 Å². The maximum atomic E-state index is 9.74. The van der Waals surface area contributed by atoms with Crippen molar-refractivity contribution in [3.8, 4) is 28.4 Å². The van der Waals surface area contributed by atoms with Gasteiger partial charge >= 0.3 is 0 Å². The molecular weight excluding hydrogens is 364 g/mol. The van der Waals surface area contributed by atoms with Crippen LogP contribution >= 0.6 is 0 Å². The molecule has 0 amide bonds. The number of nitrogen functional groups attached to an aromatic ring is 1. The first-order valence-electron chi connectivity index (χ1n) is 9.70. The Morgan fingerprint density at radius 1 is 0.897 bits per heavy atom. The monoisotopic (exact) mass is 390 g/mol. The number of hydrogen-bond donors (Lipinski definition) is 3. The molecule has 0 aromatic heterocycles. The van der Waals surface area contributed by atoms with E-state index in [1.54, 1.807) is 18.2 Å². The summed E-state index contributed by atoms with van der Waals surface area (Å²) >= 11 is 0. The lowest BCUT2D eigenvalue weighted by Gasteiger charge is -2.14. The van der Waals surface area contributed by atoms with Gasteiger partial charge in [0.05, 0.1) is 0 Å². The number of benzene rings is 3. The van der Waals surface area contributed by atoms with E-state index in [2.05, 4.69) is 13.0 Å². The molecule has 0 spiro atoms. The van der Waals surface area contributed by atoms with E-state index in [9.17, 15) is 5.11 Å². The van der Waals surface area contributed by atoms with Gasteiger partial charge in [0.1, 0.15) is 24.8 Å². The molecule has 5 heteroatoms. The minimum absolute atomic E-state index is 0.0676. The van der Waals surface area contributed by atoms with Crippen LogP contribution in [0, 0.1) is 5.41 Å². The number of ether oxygens (including phenoxy) is 2. The van der Waals surface area contributed by atoms with Crippen LogP contribution in [0.25, 0.3) is 11.1 Å². The minimum atomic E-state index is 0.0676. The quantitative estimate of drug-likeness (QED) is 0.279. The predicted molar refractivity (Wildman–Crippen MR) is 116 cm³/mol. The van der Waals surface area contributed by atoms with Crippen molar-refractivity contribution >= 4 is 5.84 Å². The van der Waals surface area contributed by atoms with E-state index >= 15 is 0 Å². The van der Waals surface area contributed by atoms with Crippen LogP contribution in [0.5, 0.6) is 17.2 Å². The normalized spacial score (nSPS) is 10.5. The molecule has 0 fully saturated rings. The molecule has 5 nitrogen and oxygen atoms in total. The highest BCUT2D eigenvalue weighted by atomic mass is 16.5. The highest BCUT2D eigenvalue weighted by Gasteiger charge is 2.08. The van der Waals surface area contributed by atoms with Gasteiger partial charge in [-0.3, -0.25) is 5.41 Å². The average molecular weight is 390 g/mol. The van der Waals surface area contributed by atoms with Crippen molar-refractivity contribution < 1.29 is 14.6 Å². The molecule has 0 bridgehead atoms. The molecule has 4 N–H and O–H groups in total. The first-order chi connectivity index (χ1) is 14.1. The zero-order valence-electron chi connectivity index (χ0n) is 16.5. The van der Waals surface area contributed by atoms with E-state index in [4.69, 9.17) is 20.6 Å². The van der Waals surface area contributed by atoms with Gasteiger partial charge in [0.15, 0.2) is 11.5 Å². The molecule has 0 atom stereocenters. The molecule has 0 heterocycles. The molecule has 29 heavy (non-hydrogen) atoms. The van der Waals surface area contributed by atoms with Gasteiger partial charge in [0, 0.05) is 5.56 Å². The largest absolute Gasteiger partial charge is 0.504 e. The Bertz CT molecular complexity index is 968. The molecule has 0 aliphatic rings. The molecule has 0 aliphatic heterocycles. The van der Waals surface area contributed by atoms with Crippen LogP contribution in [0.4, 0.5) is 0 Å². The fraction of sp³-hybridized carbons (Fsp3) is 0.208. The van der Waals surface area contributed by atoms with Crippen molar-refractivity contribution in [3.05, 3.63) is 77.9 Å². The third-order valence-electron chi connectivity index (χ3n) is 4.57. The van der Waals surface area contributed by atoms with Gasteiger partial charge in [-0.25, -0.2) is 0 Å². The van der Waals surface area contributed by atoms with Crippen LogP contribution in [-0.4, -0.2) is 24.2 Å². The zero-order valence-corrected chi connectivity index (χ0v) is 16.5. The number of nitrogens with two attached hydrogens (primary N) is 1. The number of phenolic OH excluding ortho intramolecular Hbond substituents is 1. The van der Waals surface area contributed by atoms with Crippen molar-refractivity contribution in [2.24, 2.45) is 5.73 Å². The van der Waals surface area contributed by atoms with E-state index in [1.807, 2.05) is 42.5 Å². The first kappa shape index (κ1) is 20.3. The molecule has 0 saturated heterocycles. The Kier molecular flexibility index (Phi) is 6.74. The summed E-state index contributed by atoms with van der Waals surface area (Å²) in [6.07, 6.45) is 1.92. The molecule has 0 radical (unpaired) electrons. The van der Waals surface area contributed by atoms with Crippen molar-refractivity contribution in [2.75, 3.05) is 13.2 Å². The van der Waals surface area contributed by atoms with Gasteiger partial charge in [-0.05, 0) is 47.4 Å². The standard InChI is InChI=1S/C24H26N2O3/c1-2-5-20-16-19(17-8-10-18(11-9-17)24(25)26)12-13-22(20)28-14-15-29-23-7-4-3-6-21(23)27/h3-4,6-13,16,27H,2,5,14-15H2,1H3,(H3,25,26). The second-order valence-corrected chi connectivity index (χ2v) is 6.73. The summed E-state index contributed by atoms with van der Waals surface area (Å²) in [7, 11) is 0. The first-order valence-corrected chi connectivity index (χ1v) is 9.70. The molecular formula is C24H26N2O3. The van der Waals surface area contributed by atoms with Gasteiger partial charge in [-0.1, -0.05) is 55.8 Å². The Hall–Kier alpha value is -3.47. The van der Waals surface area contributed by atoms with Crippen molar-refractivity contribution in [2.45, 2.75) is 19.8 Å². The van der Waals surface area contributed by atoms with Gasteiger partial charge in [-0.15, -0.1) is 0 Å². The van der Waals surface area contributed by atoms with Crippen LogP contribution in [0.15, 0.2) is 66.7 Å². The highest BCUT2D eigenvalue weighted by Crippen LogP contribution is 2.28. The van der Waals surface area contributed by atoms with E-state index in [1.165, 1.54) is 0 Å². The van der Waals surface area contributed by atoms with E-state index in [0.29, 0.717) is 24.5 Å². The number of aromatic hydroxyl groups is 1. The van der Waals surface area contributed by atoms with Crippen LogP contribution < -0.4 is 15.2 Å². The fourth-order valence-corrected chi connectivity index (χ4v) is 3.09. The highest BCUT2D eigenvalue weighted by molar-refractivity contribution is 5.95. The van der Waals surface area contributed by atoms with Crippen LogP contribution in [-0.2, 0) is 6.42 Å². The lowest BCUT2D eigenvalue weighted by Crippen LogP contribution is -2.10. The fourth-order valence-electron chi connectivity index (χ4n) is 3.09. The van der Waals surface area contributed by atoms with Crippen LogP contribution in [0.2, 0.25) is 0 Å². The molecule has 3 rings (SSSR count). The second-order valence-electron chi connectivity index (χ2n) is 6.73. The third-order valence-corrected chi connectivity index (χ3v) is 4.57. The molecule has 3 aromatic rings. The summed E-state index contributed by atoms with van der Waals surface area (Å²) in [6, 6.07) is 20.7. The molecule has 0 unspecified atom stereocenters. The van der Waals surface area contributed by atoms with Crippen molar-refractivity contribution in [1.29, 1.82) is 5.41 Å². The number of amidine groups is 1. The zero-order chi connectivity index (χ0) is 20.6. The Morgan fingerprint density at radius 2 is 1.55 bits per heavy atom. The van der Waals surface area contributed by atoms with Gasteiger partial charge in [0.25, 0.3) is 0 Å². The third kappa shape index (κ3) is 5.29. The molecule has 150 valence electrons. The summed E-state index contributed by atoms with van der Waals surface area (Å²) in [5.41, 5.74) is 9.56. The van der Waals surface area contributed by atoms with Crippen molar-refractivity contribution in [3.63, 3.8) is 0 Å². The van der Waals surface area contributed by atoms with Crippen molar-refractivity contribution in [1.82, 2.24) is 0 Å². The number of rotatable bonds is 9. The Balaban J connectivity index is 1.67. The topological polar surface area (TPSA) is 88.6 Å². The van der Waals surface area contributed by atoms with Crippen LogP contribution in [0.3, 0.4) is 0 Å². The van der Waals surface area contributed by atoms with Gasteiger partial charge in [-0.2, -0.15) is 0 Å². The molecule has 0 saturated carbocycles. The summed E-state index contributed by atoms with van der Waals surface area (Å²) in [5, 5.41) is 17.3. The predicted octanol–water partition coefficient (Wildman–Crippen LogP) is 4.75. The van der Waals surface area contributed by atoms with E-state index < -0.39 is 0 Å². The Labute approximate surface area is 171 Å². The second kappa shape index (κ2) is 9.64. The lowest BCUT2D eigenvalue weighted by atomic mass is 9.99. The summed E-state index contributed by atoms with van der Waals surface area (Å²) < 4.78 is 11.5. The smallest absolute Gasteiger partial charge is 0.161 e. The number of nitrogens with one attached hydrogen (secondary N) is 1. The summed E-state index contributed by atoms with van der Waals surface area (Å²) in [4.78, 5) is 0. The molecule has 3 aromatic carbocycles. The SMILES string of the molecule is CCCc1cc(-c2ccc(C(=N)N)cc2)ccc1OCCOc1ccccc1O. The van der Waals surface area contributed by atoms with E-state index in [0.717, 1.165) is 35.3 Å². The lowest BCUT2D eigenvalue weighted by molar-refractivity contribution is 0.211. The summed E-state index contributed by atoms with van der Waals surface area (Å²) in [6.45, 7) is 2.87. The number of para-hydroxylation sites is 2. The minimum Gasteiger partial charge on any atom is -0.504 e. The van der Waals surface area contributed by atoms with E-state index in [-0.39, 0.29) is 11.6 Å². The maximum absolute atomic E-state index is 9.74. The Morgan fingerprint density at radius 3 is 2.21 bits per heavy atom. The number of hydrogen-bond acceptors (Lipinski definition) is 4.